The van der Waals surface area contributed by atoms with Crippen molar-refractivity contribution in [2.45, 2.75) is 26.9 Å². The molecule has 0 aliphatic heterocycles. The summed E-state index contributed by atoms with van der Waals surface area (Å²) >= 11 is 0. The Bertz CT molecular complexity index is 385. The molecular formula is C14H20O3. The summed E-state index contributed by atoms with van der Waals surface area (Å²) < 4.78 is 4.76. The maximum absolute atomic E-state index is 11.7. The number of hydrogen-bond donors (Lipinski definition) is 1. The third kappa shape index (κ3) is 3.07. The maximum Gasteiger partial charge on any atom is 0.311 e. The molecule has 1 rings (SSSR count). The van der Waals surface area contributed by atoms with Crippen molar-refractivity contribution >= 4 is 5.97 Å². The van der Waals surface area contributed by atoms with E-state index < -0.39 is 12.0 Å². The summed E-state index contributed by atoms with van der Waals surface area (Å²) in [7, 11) is 1.35. The highest BCUT2D eigenvalue weighted by Crippen LogP contribution is 2.30. The molecule has 0 aliphatic rings. The summed E-state index contributed by atoms with van der Waals surface area (Å²) in [6.07, 6.45) is -0.816. The van der Waals surface area contributed by atoms with Crippen LogP contribution in [0.4, 0.5) is 0 Å². The summed E-state index contributed by atoms with van der Waals surface area (Å²) in [5, 5.41) is 10.3. The van der Waals surface area contributed by atoms with Gasteiger partial charge in [0.2, 0.25) is 0 Å². The topological polar surface area (TPSA) is 46.5 Å². The molecule has 0 aromatic heterocycles. The lowest BCUT2D eigenvalue weighted by Gasteiger charge is -2.25. The summed E-state index contributed by atoms with van der Waals surface area (Å²) in [5.74, 6) is -0.867. The number of hydrogen-bond acceptors (Lipinski definition) is 3. The fraction of sp³-hybridized carbons (Fsp3) is 0.500. The molecule has 0 fully saturated rings. The highest BCUT2D eigenvalue weighted by atomic mass is 16.5. The van der Waals surface area contributed by atoms with Crippen molar-refractivity contribution in [2.24, 2.45) is 11.8 Å². The number of carbonyl (C=O) groups excluding carboxylic acids is 1. The van der Waals surface area contributed by atoms with Gasteiger partial charge in [0, 0.05) is 0 Å². The zero-order valence-electron chi connectivity index (χ0n) is 10.8. The molecule has 2 atom stereocenters. The van der Waals surface area contributed by atoms with Crippen molar-refractivity contribution in [3.8, 4) is 0 Å². The van der Waals surface area contributed by atoms with Gasteiger partial charge in [0.1, 0.15) is 0 Å². The fourth-order valence-corrected chi connectivity index (χ4v) is 2.01. The van der Waals surface area contributed by atoms with Crippen molar-refractivity contribution < 1.29 is 14.6 Å². The van der Waals surface area contributed by atoms with Crippen LogP contribution in [0.1, 0.15) is 31.1 Å². The van der Waals surface area contributed by atoms with E-state index in [1.807, 2.05) is 45.0 Å². The molecule has 0 saturated heterocycles. The van der Waals surface area contributed by atoms with Crippen LogP contribution in [0.3, 0.4) is 0 Å². The first kappa shape index (κ1) is 13.7. The highest BCUT2D eigenvalue weighted by Gasteiger charge is 2.32. The first-order valence-corrected chi connectivity index (χ1v) is 5.80. The number of methoxy groups -OCH3 is 1. The summed E-state index contributed by atoms with van der Waals surface area (Å²) in [5.41, 5.74) is 1.77. The van der Waals surface area contributed by atoms with Crippen LogP contribution in [0.15, 0.2) is 24.3 Å². The number of esters is 1. The predicted molar refractivity (Wildman–Crippen MR) is 66.5 cm³/mol. The average Bonchev–Trinajstić information content (AvgIpc) is 2.28. The molecule has 1 aromatic rings. The maximum atomic E-state index is 11.7. The first-order valence-electron chi connectivity index (χ1n) is 5.80. The predicted octanol–water partition coefficient (Wildman–Crippen LogP) is 2.47. The van der Waals surface area contributed by atoms with Gasteiger partial charge in [-0.25, -0.2) is 0 Å². The summed E-state index contributed by atoms with van der Waals surface area (Å²) in [4.78, 5) is 11.7. The Morgan fingerprint density at radius 2 is 1.88 bits per heavy atom. The van der Waals surface area contributed by atoms with E-state index >= 15 is 0 Å². The van der Waals surface area contributed by atoms with Gasteiger partial charge >= 0.3 is 5.97 Å². The Morgan fingerprint density at radius 1 is 1.29 bits per heavy atom. The second-order valence-electron chi connectivity index (χ2n) is 4.59. The van der Waals surface area contributed by atoms with Crippen molar-refractivity contribution in [3.05, 3.63) is 35.4 Å². The molecule has 94 valence electrons. The van der Waals surface area contributed by atoms with E-state index in [9.17, 15) is 9.90 Å². The molecule has 0 radical (unpaired) electrons. The Kier molecular flexibility index (Phi) is 4.70. The van der Waals surface area contributed by atoms with Gasteiger partial charge in [-0.1, -0.05) is 38.1 Å². The fourth-order valence-electron chi connectivity index (χ4n) is 2.01. The van der Waals surface area contributed by atoms with Gasteiger partial charge in [-0.3, -0.25) is 4.79 Å². The van der Waals surface area contributed by atoms with Gasteiger partial charge in [-0.2, -0.15) is 0 Å². The lowest BCUT2D eigenvalue weighted by Crippen LogP contribution is -2.28. The molecular weight excluding hydrogens is 216 g/mol. The largest absolute Gasteiger partial charge is 0.469 e. The van der Waals surface area contributed by atoms with E-state index in [0.717, 1.165) is 11.1 Å². The van der Waals surface area contributed by atoms with Crippen LogP contribution in [0, 0.1) is 18.8 Å². The van der Waals surface area contributed by atoms with Crippen molar-refractivity contribution in [2.75, 3.05) is 7.11 Å². The number of aliphatic hydroxyl groups is 1. The third-order valence-electron chi connectivity index (χ3n) is 3.04. The number of ether oxygens (including phenoxy) is 1. The zero-order valence-corrected chi connectivity index (χ0v) is 10.8. The standard InChI is InChI=1S/C14H20O3/c1-9(2)12(14(16)17-4)13(15)11-8-6-5-7-10(11)3/h5-9,12-13,15H,1-4H3. The Hall–Kier alpha value is -1.35. The molecule has 2 unspecified atom stereocenters. The Labute approximate surface area is 102 Å². The molecule has 3 nitrogen and oxygen atoms in total. The minimum atomic E-state index is -0.816. The molecule has 3 heteroatoms. The summed E-state index contributed by atoms with van der Waals surface area (Å²) in [6.45, 7) is 5.74. The van der Waals surface area contributed by atoms with Gasteiger partial charge in [0.05, 0.1) is 19.1 Å². The van der Waals surface area contributed by atoms with E-state index in [0.29, 0.717) is 0 Å². The van der Waals surface area contributed by atoms with Crippen LogP contribution in [0.2, 0.25) is 0 Å². The van der Waals surface area contributed by atoms with Gasteiger partial charge in [-0.05, 0) is 24.0 Å². The number of rotatable bonds is 4. The molecule has 0 saturated carbocycles. The Balaban J connectivity index is 3.04. The Morgan fingerprint density at radius 3 is 2.35 bits per heavy atom. The number of carbonyl (C=O) groups is 1. The SMILES string of the molecule is COC(=O)C(C(C)C)C(O)c1ccccc1C. The minimum Gasteiger partial charge on any atom is -0.469 e. The number of aryl methyl sites for hydroxylation is 1. The van der Waals surface area contributed by atoms with Gasteiger partial charge in [0.15, 0.2) is 0 Å². The molecule has 17 heavy (non-hydrogen) atoms. The molecule has 0 spiro atoms. The van der Waals surface area contributed by atoms with Crippen LogP contribution >= 0.6 is 0 Å². The van der Waals surface area contributed by atoms with E-state index in [1.165, 1.54) is 7.11 Å². The van der Waals surface area contributed by atoms with Crippen LogP contribution in [-0.4, -0.2) is 18.2 Å². The van der Waals surface area contributed by atoms with Crippen molar-refractivity contribution in [1.82, 2.24) is 0 Å². The van der Waals surface area contributed by atoms with Crippen LogP contribution in [0.25, 0.3) is 0 Å². The van der Waals surface area contributed by atoms with E-state index in [2.05, 4.69) is 0 Å². The van der Waals surface area contributed by atoms with Crippen LogP contribution in [-0.2, 0) is 9.53 Å². The normalized spacial score (nSPS) is 14.5. The number of benzene rings is 1. The van der Waals surface area contributed by atoms with Gasteiger partial charge in [0.25, 0.3) is 0 Å². The lowest BCUT2D eigenvalue weighted by atomic mass is 9.85. The molecule has 0 amide bonds. The van der Waals surface area contributed by atoms with E-state index in [4.69, 9.17) is 4.74 Å². The molecule has 1 N–H and O–H groups in total. The molecule has 1 aromatic carbocycles. The minimum absolute atomic E-state index is 0.0251. The second kappa shape index (κ2) is 5.82. The molecule has 0 bridgehead atoms. The van der Waals surface area contributed by atoms with Gasteiger partial charge in [-0.15, -0.1) is 0 Å². The first-order chi connectivity index (χ1) is 7.99. The average molecular weight is 236 g/mol. The molecule has 0 heterocycles. The lowest BCUT2D eigenvalue weighted by molar-refractivity contribution is -0.152. The van der Waals surface area contributed by atoms with E-state index in [-0.39, 0.29) is 11.9 Å². The van der Waals surface area contributed by atoms with Crippen molar-refractivity contribution in [3.63, 3.8) is 0 Å². The zero-order chi connectivity index (χ0) is 13.0. The van der Waals surface area contributed by atoms with E-state index in [1.54, 1.807) is 0 Å². The summed E-state index contributed by atoms with van der Waals surface area (Å²) in [6, 6.07) is 7.54. The molecule has 0 aliphatic carbocycles. The smallest absolute Gasteiger partial charge is 0.311 e. The third-order valence-corrected chi connectivity index (χ3v) is 3.04. The van der Waals surface area contributed by atoms with Crippen LogP contribution in [0.5, 0.6) is 0 Å². The second-order valence-corrected chi connectivity index (χ2v) is 4.59. The highest BCUT2D eigenvalue weighted by molar-refractivity contribution is 5.73. The van der Waals surface area contributed by atoms with Crippen molar-refractivity contribution in [1.29, 1.82) is 0 Å². The van der Waals surface area contributed by atoms with Gasteiger partial charge < -0.3 is 9.84 Å². The number of aliphatic hydroxyl groups excluding tert-OH is 1. The monoisotopic (exact) mass is 236 g/mol. The van der Waals surface area contributed by atoms with Crippen LogP contribution < -0.4 is 0 Å². The quantitative estimate of drug-likeness (QED) is 0.817.